The minimum Gasteiger partial charge on any atom is -0.481 e. The van der Waals surface area contributed by atoms with E-state index in [1.807, 2.05) is 20.8 Å². The molecule has 0 aromatic heterocycles. The first-order valence-electron chi connectivity index (χ1n) is 6.15. The quantitative estimate of drug-likeness (QED) is 0.752. The number of ether oxygens (including phenoxy) is 1. The molecule has 2 N–H and O–H groups in total. The van der Waals surface area contributed by atoms with Crippen LogP contribution in [0.1, 0.15) is 20.8 Å². The van der Waals surface area contributed by atoms with Crippen molar-refractivity contribution >= 4 is 24.5 Å². The summed E-state index contributed by atoms with van der Waals surface area (Å²) >= 11 is 0. The van der Waals surface area contributed by atoms with E-state index in [2.05, 4.69) is 5.32 Å². The number of carboxylic acids is 1. The van der Waals surface area contributed by atoms with Gasteiger partial charge in [0, 0.05) is 31.6 Å². The highest BCUT2D eigenvalue weighted by Gasteiger charge is 2.56. The Morgan fingerprint density at radius 1 is 1.37 bits per heavy atom. The second kappa shape index (κ2) is 5.17. The van der Waals surface area contributed by atoms with Crippen molar-refractivity contribution in [3.8, 4) is 0 Å². The highest BCUT2D eigenvalue weighted by molar-refractivity contribution is 5.85. The fraction of sp³-hybridized carbons (Fsp3) is 0.833. The Hall–Kier alpha value is -1.01. The number of hydrogen-bond donors (Lipinski definition) is 2. The molecule has 0 aromatic rings. The van der Waals surface area contributed by atoms with Gasteiger partial charge in [-0.15, -0.1) is 12.4 Å². The van der Waals surface area contributed by atoms with Gasteiger partial charge in [0.05, 0.1) is 5.92 Å². The summed E-state index contributed by atoms with van der Waals surface area (Å²) in [4.78, 5) is 24.5. The zero-order chi connectivity index (χ0) is 13.6. The van der Waals surface area contributed by atoms with Gasteiger partial charge in [-0.05, 0) is 20.8 Å². The van der Waals surface area contributed by atoms with Crippen LogP contribution in [0.5, 0.6) is 0 Å². The Bertz CT molecular complexity index is 374. The fourth-order valence-electron chi connectivity index (χ4n) is 2.66. The number of carbonyl (C=O) groups is 2. The molecule has 1 amide bonds. The van der Waals surface area contributed by atoms with E-state index in [1.54, 1.807) is 4.90 Å². The topological polar surface area (TPSA) is 78.9 Å². The molecule has 2 fully saturated rings. The number of hydrogen-bond acceptors (Lipinski definition) is 4. The van der Waals surface area contributed by atoms with E-state index in [-0.39, 0.29) is 23.9 Å². The second-order valence-electron chi connectivity index (χ2n) is 6.22. The highest BCUT2D eigenvalue weighted by Crippen LogP contribution is 2.41. The number of likely N-dealkylation sites (tertiary alicyclic amines) is 1. The Morgan fingerprint density at radius 3 is 2.42 bits per heavy atom. The van der Waals surface area contributed by atoms with Gasteiger partial charge in [0.15, 0.2) is 0 Å². The average Bonchev–Trinajstić information content (AvgIpc) is 2.55. The summed E-state index contributed by atoms with van der Waals surface area (Å²) in [5.41, 5.74) is -0.817. The molecule has 0 radical (unpaired) electrons. The molecule has 1 unspecified atom stereocenters. The number of nitrogens with zero attached hydrogens (tertiary/aromatic N) is 1. The molecule has 19 heavy (non-hydrogen) atoms. The third-order valence-corrected chi connectivity index (χ3v) is 3.53. The lowest BCUT2D eigenvalue weighted by Gasteiger charge is -2.49. The molecule has 2 aliphatic rings. The number of amides is 1. The molecule has 110 valence electrons. The van der Waals surface area contributed by atoms with E-state index in [0.29, 0.717) is 26.2 Å². The van der Waals surface area contributed by atoms with Crippen molar-refractivity contribution in [1.29, 1.82) is 0 Å². The fourth-order valence-corrected chi connectivity index (χ4v) is 2.66. The molecular formula is C12H21ClN2O4. The average molecular weight is 293 g/mol. The number of nitrogens with one attached hydrogen (secondary N) is 1. The molecule has 7 heteroatoms. The standard InChI is InChI=1S/C12H20N2O4.ClH/c1-11(2,3)18-10(17)14-6-12(7-14)5-13-4-8(12)9(15)16;/h8,13H,4-7H2,1-3H3,(H,15,16);1H. The minimum absolute atomic E-state index is 0. The number of halogens is 1. The van der Waals surface area contributed by atoms with Crippen LogP contribution in [-0.4, -0.2) is 53.8 Å². The monoisotopic (exact) mass is 292 g/mol. The van der Waals surface area contributed by atoms with Crippen molar-refractivity contribution in [3.05, 3.63) is 0 Å². The third kappa shape index (κ3) is 3.12. The van der Waals surface area contributed by atoms with Crippen LogP contribution in [0.2, 0.25) is 0 Å². The Morgan fingerprint density at radius 2 is 1.95 bits per heavy atom. The number of aliphatic carboxylic acids is 1. The van der Waals surface area contributed by atoms with Gasteiger partial charge in [0.25, 0.3) is 0 Å². The summed E-state index contributed by atoms with van der Waals surface area (Å²) in [5.74, 6) is -1.19. The van der Waals surface area contributed by atoms with E-state index in [4.69, 9.17) is 9.84 Å². The molecule has 2 rings (SSSR count). The van der Waals surface area contributed by atoms with Crippen LogP contribution in [0.3, 0.4) is 0 Å². The molecule has 0 saturated carbocycles. The van der Waals surface area contributed by atoms with E-state index < -0.39 is 17.5 Å². The van der Waals surface area contributed by atoms with Crippen LogP contribution < -0.4 is 5.32 Å². The molecule has 1 atom stereocenters. The zero-order valence-corrected chi connectivity index (χ0v) is 12.2. The Kier molecular flexibility index (Phi) is 4.37. The van der Waals surface area contributed by atoms with Crippen molar-refractivity contribution in [2.24, 2.45) is 11.3 Å². The first-order chi connectivity index (χ1) is 8.23. The predicted molar refractivity (Wildman–Crippen MR) is 71.5 cm³/mol. The van der Waals surface area contributed by atoms with Crippen LogP contribution in [0.15, 0.2) is 0 Å². The van der Waals surface area contributed by atoms with Gasteiger partial charge in [-0.1, -0.05) is 0 Å². The molecule has 2 heterocycles. The number of carbonyl (C=O) groups excluding carboxylic acids is 1. The molecule has 0 aliphatic carbocycles. The van der Waals surface area contributed by atoms with Crippen molar-refractivity contribution < 1.29 is 19.4 Å². The van der Waals surface area contributed by atoms with E-state index >= 15 is 0 Å². The number of carboxylic acid groups (broad SMARTS) is 1. The van der Waals surface area contributed by atoms with E-state index in [1.165, 1.54) is 0 Å². The van der Waals surface area contributed by atoms with Crippen molar-refractivity contribution in [2.45, 2.75) is 26.4 Å². The maximum absolute atomic E-state index is 11.8. The second-order valence-corrected chi connectivity index (χ2v) is 6.22. The first kappa shape index (κ1) is 16.0. The molecule has 6 nitrogen and oxygen atoms in total. The molecule has 0 aromatic carbocycles. The maximum atomic E-state index is 11.8. The third-order valence-electron chi connectivity index (χ3n) is 3.53. The zero-order valence-electron chi connectivity index (χ0n) is 11.4. The predicted octanol–water partition coefficient (Wildman–Crippen LogP) is 0.949. The first-order valence-corrected chi connectivity index (χ1v) is 6.15. The molecule has 2 aliphatic heterocycles. The van der Waals surface area contributed by atoms with Crippen molar-refractivity contribution in [2.75, 3.05) is 26.2 Å². The van der Waals surface area contributed by atoms with Gasteiger partial charge in [-0.2, -0.15) is 0 Å². The minimum atomic E-state index is -0.788. The summed E-state index contributed by atoms with van der Waals surface area (Å²) in [6.45, 7) is 7.52. The van der Waals surface area contributed by atoms with Gasteiger partial charge in [-0.25, -0.2) is 4.79 Å². The van der Waals surface area contributed by atoms with Gasteiger partial charge in [0.2, 0.25) is 0 Å². The van der Waals surface area contributed by atoms with Crippen LogP contribution in [-0.2, 0) is 9.53 Å². The van der Waals surface area contributed by atoms with Crippen LogP contribution >= 0.6 is 12.4 Å². The van der Waals surface area contributed by atoms with Gasteiger partial charge < -0.3 is 20.1 Å². The smallest absolute Gasteiger partial charge is 0.410 e. The molecular weight excluding hydrogens is 272 g/mol. The Labute approximate surface area is 118 Å². The van der Waals surface area contributed by atoms with Gasteiger partial charge in [0.1, 0.15) is 5.60 Å². The van der Waals surface area contributed by atoms with Gasteiger partial charge >= 0.3 is 12.1 Å². The molecule has 1 spiro atoms. The summed E-state index contributed by atoms with van der Waals surface area (Å²) in [7, 11) is 0. The lowest BCUT2D eigenvalue weighted by atomic mass is 9.72. The SMILES string of the molecule is CC(C)(C)OC(=O)N1CC2(CNCC2C(=O)O)C1.Cl. The van der Waals surface area contributed by atoms with E-state index in [9.17, 15) is 9.59 Å². The maximum Gasteiger partial charge on any atom is 0.410 e. The number of rotatable bonds is 1. The lowest BCUT2D eigenvalue weighted by Crippen LogP contribution is -2.63. The Balaban J connectivity index is 0.00000180. The van der Waals surface area contributed by atoms with Crippen LogP contribution in [0, 0.1) is 11.3 Å². The summed E-state index contributed by atoms with van der Waals surface area (Å²) in [6, 6.07) is 0. The molecule has 0 bridgehead atoms. The normalized spacial score (nSPS) is 24.6. The summed E-state index contributed by atoms with van der Waals surface area (Å²) in [5, 5.41) is 12.2. The van der Waals surface area contributed by atoms with Gasteiger partial charge in [-0.3, -0.25) is 4.79 Å². The summed E-state index contributed by atoms with van der Waals surface area (Å²) in [6.07, 6.45) is -0.357. The van der Waals surface area contributed by atoms with Crippen LogP contribution in [0.4, 0.5) is 4.79 Å². The van der Waals surface area contributed by atoms with Crippen molar-refractivity contribution in [1.82, 2.24) is 10.2 Å². The lowest BCUT2D eigenvalue weighted by molar-refractivity contribution is -0.149. The highest BCUT2D eigenvalue weighted by atomic mass is 35.5. The largest absolute Gasteiger partial charge is 0.481 e. The van der Waals surface area contributed by atoms with Crippen molar-refractivity contribution in [3.63, 3.8) is 0 Å². The summed E-state index contributed by atoms with van der Waals surface area (Å²) < 4.78 is 5.26. The van der Waals surface area contributed by atoms with Crippen LogP contribution in [0.25, 0.3) is 0 Å². The van der Waals surface area contributed by atoms with E-state index in [0.717, 1.165) is 0 Å². The molecule has 2 saturated heterocycles.